The lowest BCUT2D eigenvalue weighted by Gasteiger charge is -2.32. The van der Waals surface area contributed by atoms with Crippen LogP contribution in [0, 0.1) is 5.82 Å². The van der Waals surface area contributed by atoms with Crippen molar-refractivity contribution >= 4 is 35.0 Å². The van der Waals surface area contributed by atoms with E-state index >= 15 is 0 Å². The largest absolute Gasteiger partial charge is 0.351 e. The maximum Gasteiger partial charge on any atom is 0.247 e. The monoisotopic (exact) mass is 464 g/mol. The molecule has 1 unspecified atom stereocenters. The average Bonchev–Trinajstić information content (AvgIpc) is 3.04. The molecule has 2 aromatic rings. The molecule has 1 fully saturated rings. The lowest BCUT2D eigenvalue weighted by Crippen LogP contribution is -2.46. The van der Waals surface area contributed by atoms with E-state index in [0.717, 1.165) is 25.7 Å². The summed E-state index contributed by atoms with van der Waals surface area (Å²) in [5.74, 6) is -1.24. The minimum absolute atomic E-state index is 0.0866. The topological polar surface area (TPSA) is 49.4 Å². The first kappa shape index (κ1) is 23.6. The summed E-state index contributed by atoms with van der Waals surface area (Å²) < 4.78 is 13.4. The minimum atomic E-state index is -0.864. The number of hydrogen-bond acceptors (Lipinski definition) is 2. The maximum absolute atomic E-state index is 13.5. The van der Waals surface area contributed by atoms with E-state index in [1.807, 2.05) is 0 Å². The van der Waals surface area contributed by atoms with Crippen LogP contribution in [0.3, 0.4) is 0 Å². The molecule has 0 aliphatic heterocycles. The van der Waals surface area contributed by atoms with Crippen molar-refractivity contribution in [3.05, 3.63) is 70.5 Å². The molecular weight excluding hydrogens is 438 g/mol. The van der Waals surface area contributed by atoms with E-state index in [2.05, 4.69) is 5.32 Å². The smallest absolute Gasteiger partial charge is 0.247 e. The van der Waals surface area contributed by atoms with E-state index < -0.39 is 6.04 Å². The SMILES string of the molecule is O=C(NC1CCCCCC1)C(c1ccc(Cl)cc1)N(Cc1ccc(F)cc1)C(=O)CCl. The Morgan fingerprint density at radius 3 is 2.19 bits per heavy atom. The van der Waals surface area contributed by atoms with Crippen LogP contribution in [-0.4, -0.2) is 28.6 Å². The second-order valence-electron chi connectivity index (χ2n) is 7.93. The number of amides is 2. The quantitative estimate of drug-likeness (QED) is 0.426. The number of carbonyl (C=O) groups excluding carboxylic acids is 2. The van der Waals surface area contributed by atoms with Gasteiger partial charge in [-0.15, -0.1) is 11.6 Å². The first-order chi connectivity index (χ1) is 15.0. The standard InChI is InChI=1S/C24H27Cl2FN2O2/c25-15-22(30)29(16-17-7-13-20(27)14-8-17)23(18-9-11-19(26)12-10-18)24(31)28-21-5-3-1-2-4-6-21/h7-14,21,23H,1-6,15-16H2,(H,28,31). The fraction of sp³-hybridized carbons (Fsp3) is 0.417. The zero-order valence-corrected chi connectivity index (χ0v) is 18.8. The van der Waals surface area contributed by atoms with Crippen molar-refractivity contribution in [2.45, 2.75) is 57.2 Å². The number of rotatable bonds is 7. The number of nitrogens with one attached hydrogen (secondary N) is 1. The molecule has 0 aromatic heterocycles. The Hall–Kier alpha value is -2.11. The Labute approximate surface area is 192 Å². The van der Waals surface area contributed by atoms with Gasteiger partial charge in [0.1, 0.15) is 17.7 Å². The molecule has 1 N–H and O–H groups in total. The van der Waals surface area contributed by atoms with Crippen LogP contribution in [-0.2, 0) is 16.1 Å². The Morgan fingerprint density at radius 2 is 1.61 bits per heavy atom. The molecule has 1 aliphatic rings. The molecule has 3 rings (SSSR count). The van der Waals surface area contributed by atoms with Crippen molar-refractivity contribution in [2.75, 3.05) is 5.88 Å². The number of benzene rings is 2. The third-order valence-corrected chi connectivity index (χ3v) is 6.13. The van der Waals surface area contributed by atoms with Gasteiger partial charge in [0, 0.05) is 17.6 Å². The maximum atomic E-state index is 13.5. The van der Waals surface area contributed by atoms with Gasteiger partial charge in [0.25, 0.3) is 0 Å². The Bertz CT molecular complexity index is 866. The number of nitrogens with zero attached hydrogens (tertiary/aromatic N) is 1. The number of alkyl halides is 1. The van der Waals surface area contributed by atoms with Gasteiger partial charge in [-0.1, -0.05) is 61.5 Å². The summed E-state index contributed by atoms with van der Waals surface area (Å²) in [5.41, 5.74) is 1.36. The number of hydrogen-bond donors (Lipinski definition) is 1. The summed E-state index contributed by atoms with van der Waals surface area (Å²) in [6.07, 6.45) is 6.37. The second kappa shape index (κ2) is 11.5. The summed E-state index contributed by atoms with van der Waals surface area (Å²) in [6.45, 7) is 0.136. The lowest BCUT2D eigenvalue weighted by molar-refractivity contribution is -0.140. The van der Waals surface area contributed by atoms with Gasteiger partial charge < -0.3 is 10.2 Å². The molecule has 0 saturated heterocycles. The number of carbonyl (C=O) groups is 2. The van der Waals surface area contributed by atoms with E-state index in [1.165, 1.54) is 29.9 Å². The van der Waals surface area contributed by atoms with Gasteiger partial charge in [-0.05, 0) is 48.2 Å². The van der Waals surface area contributed by atoms with Crippen molar-refractivity contribution in [3.63, 3.8) is 0 Å². The van der Waals surface area contributed by atoms with Crippen LogP contribution in [0.25, 0.3) is 0 Å². The highest BCUT2D eigenvalue weighted by Crippen LogP contribution is 2.27. The van der Waals surface area contributed by atoms with Crippen LogP contribution in [0.15, 0.2) is 48.5 Å². The molecule has 0 spiro atoms. The Balaban J connectivity index is 1.92. The van der Waals surface area contributed by atoms with Gasteiger partial charge in [0.05, 0.1) is 0 Å². The average molecular weight is 465 g/mol. The van der Waals surface area contributed by atoms with Crippen molar-refractivity contribution in [1.82, 2.24) is 10.2 Å². The molecule has 166 valence electrons. The molecule has 4 nitrogen and oxygen atoms in total. The summed E-state index contributed by atoms with van der Waals surface area (Å²) in [4.78, 5) is 27.8. The molecule has 7 heteroatoms. The first-order valence-corrected chi connectivity index (χ1v) is 11.5. The summed E-state index contributed by atoms with van der Waals surface area (Å²) >= 11 is 12.0. The Morgan fingerprint density at radius 1 is 1.00 bits per heavy atom. The lowest BCUT2D eigenvalue weighted by atomic mass is 10.0. The van der Waals surface area contributed by atoms with E-state index in [0.29, 0.717) is 16.1 Å². The van der Waals surface area contributed by atoms with Crippen LogP contribution < -0.4 is 5.32 Å². The van der Waals surface area contributed by atoms with Crippen LogP contribution in [0.5, 0.6) is 0 Å². The van der Waals surface area contributed by atoms with Gasteiger partial charge in [0.2, 0.25) is 11.8 Å². The second-order valence-corrected chi connectivity index (χ2v) is 8.64. The molecule has 2 amide bonds. The zero-order chi connectivity index (χ0) is 22.2. The van der Waals surface area contributed by atoms with Gasteiger partial charge in [0.15, 0.2) is 0 Å². The van der Waals surface area contributed by atoms with Gasteiger partial charge in [-0.25, -0.2) is 4.39 Å². The molecular formula is C24H27Cl2FN2O2. The molecule has 0 heterocycles. The highest BCUT2D eigenvalue weighted by molar-refractivity contribution is 6.30. The highest BCUT2D eigenvalue weighted by atomic mass is 35.5. The molecule has 1 atom stereocenters. The predicted molar refractivity (Wildman–Crippen MR) is 121 cm³/mol. The van der Waals surface area contributed by atoms with E-state index in [9.17, 15) is 14.0 Å². The fourth-order valence-electron chi connectivity index (χ4n) is 4.01. The van der Waals surface area contributed by atoms with E-state index in [1.54, 1.807) is 36.4 Å². The minimum Gasteiger partial charge on any atom is -0.351 e. The van der Waals surface area contributed by atoms with Crippen molar-refractivity contribution < 1.29 is 14.0 Å². The highest BCUT2D eigenvalue weighted by Gasteiger charge is 2.32. The molecule has 1 aliphatic carbocycles. The van der Waals surface area contributed by atoms with Crippen LogP contribution in [0.4, 0.5) is 4.39 Å². The van der Waals surface area contributed by atoms with Crippen molar-refractivity contribution in [1.29, 1.82) is 0 Å². The van der Waals surface area contributed by atoms with Crippen molar-refractivity contribution in [2.24, 2.45) is 0 Å². The molecule has 1 saturated carbocycles. The van der Waals surface area contributed by atoms with Gasteiger partial charge in [-0.3, -0.25) is 9.59 Å². The van der Waals surface area contributed by atoms with Crippen LogP contribution >= 0.6 is 23.2 Å². The molecule has 0 bridgehead atoms. The zero-order valence-electron chi connectivity index (χ0n) is 17.3. The Kier molecular flexibility index (Phi) is 8.73. The van der Waals surface area contributed by atoms with Gasteiger partial charge in [-0.2, -0.15) is 0 Å². The summed E-state index contributed by atoms with van der Waals surface area (Å²) in [6, 6.07) is 12.0. The van der Waals surface area contributed by atoms with Crippen LogP contribution in [0.1, 0.15) is 55.7 Å². The van der Waals surface area contributed by atoms with Crippen molar-refractivity contribution in [3.8, 4) is 0 Å². The number of halogens is 3. The van der Waals surface area contributed by atoms with E-state index in [4.69, 9.17) is 23.2 Å². The normalized spacial score (nSPS) is 15.7. The van der Waals surface area contributed by atoms with Gasteiger partial charge >= 0.3 is 0 Å². The molecule has 2 aromatic carbocycles. The molecule has 31 heavy (non-hydrogen) atoms. The third kappa shape index (κ3) is 6.68. The first-order valence-electron chi connectivity index (χ1n) is 10.6. The summed E-state index contributed by atoms with van der Waals surface area (Å²) in [5, 5.41) is 3.70. The van der Waals surface area contributed by atoms with E-state index in [-0.39, 0.29) is 36.1 Å². The fourth-order valence-corrected chi connectivity index (χ4v) is 4.29. The predicted octanol–water partition coefficient (Wildman–Crippen LogP) is 5.63. The third-order valence-electron chi connectivity index (χ3n) is 5.65. The molecule has 0 radical (unpaired) electrons. The summed E-state index contributed by atoms with van der Waals surface area (Å²) in [7, 11) is 0. The van der Waals surface area contributed by atoms with Crippen LogP contribution in [0.2, 0.25) is 5.02 Å².